The van der Waals surface area contributed by atoms with Gasteiger partial charge >= 0.3 is 0 Å². The number of rotatable bonds is 3. The zero-order valence-corrected chi connectivity index (χ0v) is 13.1. The van der Waals surface area contributed by atoms with Crippen LogP contribution in [0.25, 0.3) is 0 Å². The highest BCUT2D eigenvalue weighted by Crippen LogP contribution is 2.35. The average Bonchev–Trinajstić information content (AvgIpc) is 2.72. The molecule has 1 aromatic carbocycles. The lowest BCUT2D eigenvalue weighted by Gasteiger charge is -2.32. The summed E-state index contributed by atoms with van der Waals surface area (Å²) in [7, 11) is 0. The predicted octanol–water partition coefficient (Wildman–Crippen LogP) is 2.72. The summed E-state index contributed by atoms with van der Waals surface area (Å²) in [5, 5.41) is 7.23. The van der Waals surface area contributed by atoms with E-state index in [4.69, 9.17) is 11.6 Å². The zero-order chi connectivity index (χ0) is 13.4. The van der Waals surface area contributed by atoms with Gasteiger partial charge in [-0.1, -0.05) is 30.7 Å². The molecule has 110 valence electrons. The molecule has 1 heterocycles. The van der Waals surface area contributed by atoms with Crippen molar-refractivity contribution < 1.29 is 4.79 Å². The molecule has 5 heteroatoms. The van der Waals surface area contributed by atoms with E-state index in [2.05, 4.69) is 16.7 Å². The van der Waals surface area contributed by atoms with Gasteiger partial charge in [-0.05, 0) is 49.0 Å². The smallest absolute Gasteiger partial charge is 0.223 e. The molecule has 2 N–H and O–H groups in total. The van der Waals surface area contributed by atoms with Gasteiger partial charge in [-0.3, -0.25) is 4.79 Å². The van der Waals surface area contributed by atoms with Crippen LogP contribution in [-0.2, 0) is 11.2 Å². The molecule has 0 aromatic heterocycles. The van der Waals surface area contributed by atoms with Crippen LogP contribution in [0.5, 0.6) is 0 Å². The van der Waals surface area contributed by atoms with Gasteiger partial charge < -0.3 is 10.6 Å². The van der Waals surface area contributed by atoms with Crippen LogP contribution in [0.3, 0.4) is 0 Å². The van der Waals surface area contributed by atoms with E-state index in [1.165, 1.54) is 11.1 Å². The first-order valence-electron chi connectivity index (χ1n) is 6.95. The van der Waals surface area contributed by atoms with Crippen molar-refractivity contribution in [3.63, 3.8) is 0 Å². The van der Waals surface area contributed by atoms with Gasteiger partial charge in [-0.25, -0.2) is 0 Å². The number of hydrogen-bond acceptors (Lipinski definition) is 2. The SMILES string of the molecule is CC(C(=O)NC1CCc2c(Cl)cccc21)C1CNC1.Cl. The van der Waals surface area contributed by atoms with Crippen molar-refractivity contribution in [3.8, 4) is 0 Å². The molecule has 0 radical (unpaired) electrons. The van der Waals surface area contributed by atoms with Gasteiger partial charge in [0, 0.05) is 10.9 Å². The summed E-state index contributed by atoms with van der Waals surface area (Å²) >= 11 is 6.20. The maximum absolute atomic E-state index is 12.3. The van der Waals surface area contributed by atoms with Gasteiger partial charge in [-0.15, -0.1) is 12.4 Å². The van der Waals surface area contributed by atoms with E-state index in [9.17, 15) is 4.79 Å². The molecule has 1 aliphatic heterocycles. The third-order valence-electron chi connectivity index (χ3n) is 4.46. The Morgan fingerprint density at radius 1 is 1.45 bits per heavy atom. The minimum Gasteiger partial charge on any atom is -0.349 e. The summed E-state index contributed by atoms with van der Waals surface area (Å²) < 4.78 is 0. The quantitative estimate of drug-likeness (QED) is 0.900. The highest BCUT2D eigenvalue weighted by Gasteiger charge is 2.32. The summed E-state index contributed by atoms with van der Waals surface area (Å²) in [6, 6.07) is 6.10. The highest BCUT2D eigenvalue weighted by atomic mass is 35.5. The standard InChI is InChI=1S/C15H19ClN2O.ClH/c1-9(10-7-17-8-10)15(19)18-14-6-5-11-12(14)3-2-4-13(11)16;/h2-4,9-10,14,17H,5-8H2,1H3,(H,18,19);1H. The first-order chi connectivity index (χ1) is 9.16. The van der Waals surface area contributed by atoms with E-state index in [1.807, 2.05) is 19.1 Å². The fourth-order valence-corrected chi connectivity index (χ4v) is 3.22. The first-order valence-corrected chi connectivity index (χ1v) is 7.33. The lowest BCUT2D eigenvalue weighted by molar-refractivity contribution is -0.127. The van der Waals surface area contributed by atoms with Crippen molar-refractivity contribution in [1.29, 1.82) is 0 Å². The van der Waals surface area contributed by atoms with E-state index in [0.29, 0.717) is 5.92 Å². The summed E-state index contributed by atoms with van der Waals surface area (Å²) in [6.07, 6.45) is 1.92. The second kappa shape index (κ2) is 6.33. The van der Waals surface area contributed by atoms with Crippen molar-refractivity contribution in [2.75, 3.05) is 13.1 Å². The summed E-state index contributed by atoms with van der Waals surface area (Å²) in [5.41, 5.74) is 2.40. The first kappa shape index (κ1) is 15.6. The highest BCUT2D eigenvalue weighted by molar-refractivity contribution is 6.31. The molecule has 2 aliphatic rings. The van der Waals surface area contributed by atoms with Crippen LogP contribution in [0.2, 0.25) is 5.02 Å². The molecule has 20 heavy (non-hydrogen) atoms. The molecule has 1 aliphatic carbocycles. The molecular formula is C15H20Cl2N2O. The van der Waals surface area contributed by atoms with E-state index in [-0.39, 0.29) is 30.3 Å². The van der Waals surface area contributed by atoms with Crippen molar-refractivity contribution in [1.82, 2.24) is 10.6 Å². The molecule has 1 fully saturated rings. The van der Waals surface area contributed by atoms with Crippen LogP contribution >= 0.6 is 24.0 Å². The maximum atomic E-state index is 12.3. The second-order valence-corrected chi connectivity index (χ2v) is 6.02. The van der Waals surface area contributed by atoms with Crippen LogP contribution in [-0.4, -0.2) is 19.0 Å². The lowest BCUT2D eigenvalue weighted by Crippen LogP contribution is -2.49. The Hall–Kier alpha value is -0.770. The van der Waals surface area contributed by atoms with Gasteiger partial charge in [-0.2, -0.15) is 0 Å². The molecule has 1 amide bonds. The molecule has 2 atom stereocenters. The Labute approximate surface area is 130 Å². The number of amides is 1. The van der Waals surface area contributed by atoms with Gasteiger partial charge in [0.05, 0.1) is 6.04 Å². The fourth-order valence-electron chi connectivity index (χ4n) is 2.94. The van der Waals surface area contributed by atoms with Crippen molar-refractivity contribution in [3.05, 3.63) is 34.3 Å². The second-order valence-electron chi connectivity index (χ2n) is 5.61. The Bertz CT molecular complexity index is 503. The molecule has 0 bridgehead atoms. The van der Waals surface area contributed by atoms with Gasteiger partial charge in [0.1, 0.15) is 0 Å². The maximum Gasteiger partial charge on any atom is 0.223 e. The molecule has 1 aromatic rings. The molecule has 1 saturated heterocycles. The Kier molecular flexibility index (Phi) is 4.95. The van der Waals surface area contributed by atoms with Crippen LogP contribution in [0.15, 0.2) is 18.2 Å². The Morgan fingerprint density at radius 2 is 2.20 bits per heavy atom. The monoisotopic (exact) mass is 314 g/mol. The summed E-state index contributed by atoms with van der Waals surface area (Å²) in [5.74, 6) is 0.744. The molecule has 0 spiro atoms. The largest absolute Gasteiger partial charge is 0.349 e. The number of hydrogen-bond donors (Lipinski definition) is 2. The number of carbonyl (C=O) groups excluding carboxylic acids is 1. The number of nitrogens with one attached hydrogen (secondary N) is 2. The third-order valence-corrected chi connectivity index (χ3v) is 4.82. The molecule has 0 saturated carbocycles. The normalized spacial score (nSPS) is 22.4. The number of fused-ring (bicyclic) bond motifs is 1. The van der Waals surface area contributed by atoms with E-state index < -0.39 is 0 Å². The van der Waals surface area contributed by atoms with Gasteiger partial charge in [0.15, 0.2) is 0 Å². The number of halogens is 2. The van der Waals surface area contributed by atoms with Crippen LogP contribution in [0.4, 0.5) is 0 Å². The minimum absolute atomic E-state index is 0. The van der Waals surface area contributed by atoms with Crippen molar-refractivity contribution in [2.45, 2.75) is 25.8 Å². The van der Waals surface area contributed by atoms with Crippen molar-refractivity contribution in [2.24, 2.45) is 11.8 Å². The fraction of sp³-hybridized carbons (Fsp3) is 0.533. The zero-order valence-electron chi connectivity index (χ0n) is 11.5. The summed E-state index contributed by atoms with van der Waals surface area (Å²) in [4.78, 5) is 12.3. The van der Waals surface area contributed by atoms with Crippen LogP contribution in [0, 0.1) is 11.8 Å². The Morgan fingerprint density at radius 3 is 2.85 bits per heavy atom. The predicted molar refractivity (Wildman–Crippen MR) is 83.4 cm³/mol. The lowest BCUT2D eigenvalue weighted by atomic mass is 9.88. The van der Waals surface area contributed by atoms with E-state index >= 15 is 0 Å². The summed E-state index contributed by atoms with van der Waals surface area (Å²) in [6.45, 7) is 3.94. The van der Waals surface area contributed by atoms with Crippen molar-refractivity contribution >= 4 is 29.9 Å². The minimum atomic E-state index is 0. The third kappa shape index (κ3) is 2.80. The van der Waals surface area contributed by atoms with E-state index in [0.717, 1.165) is 31.0 Å². The Balaban J connectivity index is 0.00000147. The molecule has 3 nitrogen and oxygen atoms in total. The van der Waals surface area contributed by atoms with Crippen LogP contribution < -0.4 is 10.6 Å². The van der Waals surface area contributed by atoms with Crippen LogP contribution in [0.1, 0.15) is 30.5 Å². The van der Waals surface area contributed by atoms with E-state index in [1.54, 1.807) is 0 Å². The molecular weight excluding hydrogens is 295 g/mol. The topological polar surface area (TPSA) is 41.1 Å². The van der Waals surface area contributed by atoms with Gasteiger partial charge in [0.2, 0.25) is 5.91 Å². The number of benzene rings is 1. The average molecular weight is 315 g/mol. The number of carbonyl (C=O) groups is 1. The molecule has 2 unspecified atom stereocenters. The van der Waals surface area contributed by atoms with Gasteiger partial charge in [0.25, 0.3) is 0 Å². The molecule has 3 rings (SSSR count).